The lowest BCUT2D eigenvalue weighted by molar-refractivity contribution is -0.123. The van der Waals surface area contributed by atoms with Gasteiger partial charge in [0.05, 0.1) is 5.54 Å². The predicted octanol–water partition coefficient (Wildman–Crippen LogP) is 1.68. The van der Waals surface area contributed by atoms with Crippen molar-refractivity contribution >= 4 is 5.91 Å². The van der Waals surface area contributed by atoms with Crippen LogP contribution in [0.4, 0.5) is 0 Å². The second-order valence-corrected chi connectivity index (χ2v) is 6.14. The molecule has 108 valence electrons. The summed E-state index contributed by atoms with van der Waals surface area (Å²) in [7, 11) is 0. The molecule has 3 rings (SSSR count). The molecule has 1 saturated carbocycles. The van der Waals surface area contributed by atoms with Gasteiger partial charge in [-0.25, -0.2) is 0 Å². The van der Waals surface area contributed by atoms with Crippen LogP contribution in [0.25, 0.3) is 0 Å². The maximum absolute atomic E-state index is 11.4. The molecule has 1 aromatic rings. The first kappa shape index (κ1) is 13.4. The average Bonchev–Trinajstić information content (AvgIpc) is 2.81. The highest BCUT2D eigenvalue weighted by Crippen LogP contribution is 2.32. The van der Waals surface area contributed by atoms with Gasteiger partial charge in [-0.05, 0) is 61.8 Å². The molecule has 2 atom stereocenters. The molecular formula is C16H22N2O2. The number of rotatable bonds is 3. The molecule has 0 radical (unpaired) electrons. The maximum Gasteiger partial charge on any atom is 0.237 e. The SMILES string of the molecule is NC(=O)C1(N)CCC(Oc2ccc3c(c2)CCCC3)C1. The molecule has 4 nitrogen and oxygen atoms in total. The van der Waals surface area contributed by atoms with E-state index in [2.05, 4.69) is 12.1 Å². The predicted molar refractivity (Wildman–Crippen MR) is 77.5 cm³/mol. The summed E-state index contributed by atoms with van der Waals surface area (Å²) in [5.41, 5.74) is 13.3. The van der Waals surface area contributed by atoms with Crippen LogP contribution in [0.15, 0.2) is 18.2 Å². The largest absolute Gasteiger partial charge is 0.490 e. The van der Waals surface area contributed by atoms with Gasteiger partial charge < -0.3 is 16.2 Å². The molecule has 1 amide bonds. The number of ether oxygens (including phenoxy) is 1. The number of hydrogen-bond acceptors (Lipinski definition) is 3. The van der Waals surface area contributed by atoms with E-state index in [1.165, 1.54) is 30.4 Å². The van der Waals surface area contributed by atoms with Gasteiger partial charge in [0.2, 0.25) is 5.91 Å². The van der Waals surface area contributed by atoms with E-state index in [9.17, 15) is 4.79 Å². The van der Waals surface area contributed by atoms with Gasteiger partial charge >= 0.3 is 0 Å². The third-order valence-corrected chi connectivity index (χ3v) is 4.62. The Bertz CT molecular complexity index is 529. The first-order valence-corrected chi connectivity index (χ1v) is 7.44. The molecule has 4 heteroatoms. The second-order valence-electron chi connectivity index (χ2n) is 6.14. The maximum atomic E-state index is 11.4. The minimum Gasteiger partial charge on any atom is -0.490 e. The normalized spacial score (nSPS) is 28.9. The fraction of sp³-hybridized carbons (Fsp3) is 0.562. The van der Waals surface area contributed by atoms with Crippen LogP contribution in [0, 0.1) is 0 Å². The van der Waals surface area contributed by atoms with Gasteiger partial charge in [0, 0.05) is 6.42 Å². The summed E-state index contributed by atoms with van der Waals surface area (Å²) in [6, 6.07) is 6.35. The summed E-state index contributed by atoms with van der Waals surface area (Å²) in [5.74, 6) is 0.471. The van der Waals surface area contributed by atoms with Crippen LogP contribution in [0.5, 0.6) is 5.75 Å². The Morgan fingerprint density at radius 1 is 1.25 bits per heavy atom. The van der Waals surface area contributed by atoms with E-state index in [1.54, 1.807) is 0 Å². The van der Waals surface area contributed by atoms with Crippen molar-refractivity contribution in [1.29, 1.82) is 0 Å². The van der Waals surface area contributed by atoms with Gasteiger partial charge in [-0.15, -0.1) is 0 Å². The van der Waals surface area contributed by atoms with Crippen molar-refractivity contribution in [3.8, 4) is 5.75 Å². The van der Waals surface area contributed by atoms with E-state index in [-0.39, 0.29) is 6.10 Å². The van der Waals surface area contributed by atoms with E-state index in [0.717, 1.165) is 18.6 Å². The molecule has 0 spiro atoms. The Balaban J connectivity index is 1.68. The summed E-state index contributed by atoms with van der Waals surface area (Å²) in [6.45, 7) is 0. The van der Waals surface area contributed by atoms with Crippen molar-refractivity contribution in [2.75, 3.05) is 0 Å². The summed E-state index contributed by atoms with van der Waals surface area (Å²) >= 11 is 0. The molecule has 0 aromatic heterocycles. The summed E-state index contributed by atoms with van der Waals surface area (Å²) in [5, 5.41) is 0. The Labute approximate surface area is 119 Å². The zero-order chi connectivity index (χ0) is 14.2. The van der Waals surface area contributed by atoms with Crippen molar-refractivity contribution < 1.29 is 9.53 Å². The molecule has 2 aliphatic rings. The fourth-order valence-electron chi connectivity index (χ4n) is 3.33. The van der Waals surface area contributed by atoms with Crippen LogP contribution in [0.1, 0.15) is 43.2 Å². The van der Waals surface area contributed by atoms with Gasteiger partial charge in [-0.2, -0.15) is 0 Å². The summed E-state index contributed by atoms with van der Waals surface area (Å²) in [6.07, 6.45) is 6.76. The molecule has 2 aliphatic carbocycles. The fourth-order valence-corrected chi connectivity index (χ4v) is 3.33. The minimum atomic E-state index is -0.890. The zero-order valence-electron chi connectivity index (χ0n) is 11.7. The van der Waals surface area contributed by atoms with E-state index >= 15 is 0 Å². The standard InChI is InChI=1S/C16H22N2O2/c17-15(19)16(18)8-7-14(10-16)20-13-6-5-11-3-1-2-4-12(11)9-13/h5-6,9,14H,1-4,7-8,10,18H2,(H2,17,19). The number of primary amides is 1. The lowest BCUT2D eigenvalue weighted by atomic mass is 9.92. The minimum absolute atomic E-state index is 0.00543. The third-order valence-electron chi connectivity index (χ3n) is 4.62. The van der Waals surface area contributed by atoms with Crippen LogP contribution >= 0.6 is 0 Å². The number of carbonyl (C=O) groups excluding carboxylic acids is 1. The summed E-state index contributed by atoms with van der Waals surface area (Å²) < 4.78 is 6.00. The molecule has 1 aromatic carbocycles. The van der Waals surface area contributed by atoms with Crippen molar-refractivity contribution in [1.82, 2.24) is 0 Å². The van der Waals surface area contributed by atoms with Gasteiger partial charge in [0.25, 0.3) is 0 Å². The number of hydrogen-bond donors (Lipinski definition) is 2. The lowest BCUT2D eigenvalue weighted by Gasteiger charge is -2.21. The van der Waals surface area contributed by atoms with Crippen molar-refractivity contribution in [3.05, 3.63) is 29.3 Å². The van der Waals surface area contributed by atoms with E-state index in [4.69, 9.17) is 16.2 Å². The van der Waals surface area contributed by atoms with Gasteiger partial charge in [0.1, 0.15) is 11.9 Å². The molecule has 0 aliphatic heterocycles. The number of carbonyl (C=O) groups is 1. The Kier molecular flexibility index (Phi) is 3.42. The number of nitrogens with two attached hydrogens (primary N) is 2. The molecule has 1 fully saturated rings. The quantitative estimate of drug-likeness (QED) is 0.880. The van der Waals surface area contributed by atoms with Crippen LogP contribution < -0.4 is 16.2 Å². The molecule has 2 unspecified atom stereocenters. The number of benzene rings is 1. The van der Waals surface area contributed by atoms with E-state index in [0.29, 0.717) is 12.8 Å². The van der Waals surface area contributed by atoms with E-state index in [1.807, 2.05) is 6.07 Å². The highest BCUT2D eigenvalue weighted by atomic mass is 16.5. The number of amides is 1. The highest BCUT2D eigenvalue weighted by molar-refractivity contribution is 5.84. The number of aryl methyl sites for hydroxylation is 2. The third kappa shape index (κ3) is 2.52. The Hall–Kier alpha value is -1.55. The smallest absolute Gasteiger partial charge is 0.237 e. The van der Waals surface area contributed by atoms with Crippen molar-refractivity contribution in [3.63, 3.8) is 0 Å². The Morgan fingerprint density at radius 3 is 2.70 bits per heavy atom. The van der Waals surface area contributed by atoms with Gasteiger partial charge in [0.15, 0.2) is 0 Å². The van der Waals surface area contributed by atoms with Crippen LogP contribution in [-0.4, -0.2) is 17.6 Å². The van der Waals surface area contributed by atoms with Crippen molar-refractivity contribution in [2.24, 2.45) is 11.5 Å². The lowest BCUT2D eigenvalue weighted by Crippen LogP contribution is -2.50. The average molecular weight is 274 g/mol. The summed E-state index contributed by atoms with van der Waals surface area (Å²) in [4.78, 5) is 11.4. The first-order valence-electron chi connectivity index (χ1n) is 7.44. The van der Waals surface area contributed by atoms with Gasteiger partial charge in [-0.1, -0.05) is 6.07 Å². The molecule has 0 saturated heterocycles. The molecule has 4 N–H and O–H groups in total. The van der Waals surface area contributed by atoms with Crippen molar-refractivity contribution in [2.45, 2.75) is 56.6 Å². The number of fused-ring (bicyclic) bond motifs is 1. The van der Waals surface area contributed by atoms with Crippen LogP contribution in [0.3, 0.4) is 0 Å². The highest BCUT2D eigenvalue weighted by Gasteiger charge is 2.41. The molecular weight excluding hydrogens is 252 g/mol. The molecule has 0 bridgehead atoms. The molecule has 0 heterocycles. The topological polar surface area (TPSA) is 78.3 Å². The first-order chi connectivity index (χ1) is 9.57. The van der Waals surface area contributed by atoms with E-state index < -0.39 is 11.4 Å². The molecule has 20 heavy (non-hydrogen) atoms. The van der Waals surface area contributed by atoms with Gasteiger partial charge in [-0.3, -0.25) is 4.79 Å². The monoisotopic (exact) mass is 274 g/mol. The second kappa shape index (κ2) is 5.09. The zero-order valence-corrected chi connectivity index (χ0v) is 11.7. The Morgan fingerprint density at radius 2 is 2.00 bits per heavy atom. The van der Waals surface area contributed by atoms with Crippen LogP contribution in [-0.2, 0) is 17.6 Å². The van der Waals surface area contributed by atoms with Crippen LogP contribution in [0.2, 0.25) is 0 Å².